The summed E-state index contributed by atoms with van der Waals surface area (Å²) in [7, 11) is 0. The maximum absolute atomic E-state index is 13.6. The predicted molar refractivity (Wildman–Crippen MR) is 106 cm³/mol. The lowest BCUT2D eigenvalue weighted by Crippen LogP contribution is -2.18. The Hall–Kier alpha value is -4.08. The van der Waals surface area contributed by atoms with E-state index in [0.29, 0.717) is 17.0 Å². The first-order chi connectivity index (χ1) is 13.8. The minimum Gasteiger partial charge on any atom is -0.477 e. The second-order valence-electron chi connectivity index (χ2n) is 5.63. The summed E-state index contributed by atoms with van der Waals surface area (Å²) in [5.41, 5.74) is 6.17. The molecular weight excluding hydrogens is 379 g/mol. The van der Waals surface area contributed by atoms with Crippen molar-refractivity contribution in [3.8, 4) is 0 Å². The van der Waals surface area contributed by atoms with Gasteiger partial charge in [0.05, 0.1) is 5.70 Å². The number of nitrogens with zero attached hydrogens (tertiary/aromatic N) is 3. The lowest BCUT2D eigenvalue weighted by Gasteiger charge is -2.11. The molecular formula is C19H19FN6O3. The van der Waals surface area contributed by atoms with Gasteiger partial charge in [0.2, 0.25) is 0 Å². The molecule has 0 fully saturated rings. The van der Waals surface area contributed by atoms with Gasteiger partial charge in [-0.25, -0.2) is 19.2 Å². The number of carboxylic acids is 1. The molecule has 0 bridgehead atoms. The van der Waals surface area contributed by atoms with E-state index < -0.39 is 11.8 Å². The molecule has 0 unspecified atom stereocenters. The SMILES string of the molecule is C=C(F)/C(=C\C=C/C)CN/C(=C\C(=N)c1ncc(C(=O)O)c(N)n1)c1ccon1. The number of nitrogens with one attached hydrogen (secondary N) is 2. The number of aromatic nitrogens is 3. The van der Waals surface area contributed by atoms with Crippen molar-refractivity contribution >= 4 is 23.2 Å². The summed E-state index contributed by atoms with van der Waals surface area (Å²) in [6, 6.07) is 1.55. The Morgan fingerprint density at radius 3 is 2.83 bits per heavy atom. The van der Waals surface area contributed by atoms with Gasteiger partial charge < -0.3 is 20.7 Å². The van der Waals surface area contributed by atoms with Crippen LogP contribution in [0.3, 0.4) is 0 Å². The summed E-state index contributed by atoms with van der Waals surface area (Å²) in [6.07, 6.45) is 8.70. The molecule has 0 spiro atoms. The van der Waals surface area contributed by atoms with Crippen LogP contribution >= 0.6 is 0 Å². The molecule has 9 nitrogen and oxygen atoms in total. The largest absolute Gasteiger partial charge is 0.477 e. The zero-order valence-corrected chi connectivity index (χ0v) is 15.5. The quantitative estimate of drug-likeness (QED) is 0.372. The smallest absolute Gasteiger partial charge is 0.341 e. The molecule has 0 saturated heterocycles. The molecule has 0 aliphatic rings. The van der Waals surface area contributed by atoms with Gasteiger partial charge in [0.15, 0.2) is 5.82 Å². The second-order valence-corrected chi connectivity index (χ2v) is 5.63. The van der Waals surface area contributed by atoms with Crippen LogP contribution in [0.15, 0.2) is 65.3 Å². The van der Waals surface area contributed by atoms with Crippen LogP contribution in [0.25, 0.3) is 5.70 Å². The number of nitrogen functional groups attached to an aromatic ring is 1. The van der Waals surface area contributed by atoms with Gasteiger partial charge in [-0.2, -0.15) is 0 Å². The predicted octanol–water partition coefficient (Wildman–Crippen LogP) is 2.73. The first-order valence-corrected chi connectivity index (χ1v) is 8.31. The third kappa shape index (κ3) is 5.70. The first kappa shape index (κ1) is 21.2. The van der Waals surface area contributed by atoms with Crippen LogP contribution < -0.4 is 11.1 Å². The lowest BCUT2D eigenvalue weighted by molar-refractivity contribution is 0.0697. The maximum atomic E-state index is 13.6. The fourth-order valence-electron chi connectivity index (χ4n) is 2.11. The Labute approximate surface area is 165 Å². The van der Waals surface area contributed by atoms with Gasteiger partial charge in [0.25, 0.3) is 0 Å². The highest BCUT2D eigenvalue weighted by Gasteiger charge is 2.14. The minimum atomic E-state index is -1.27. The van der Waals surface area contributed by atoms with Crippen molar-refractivity contribution in [1.29, 1.82) is 5.41 Å². The van der Waals surface area contributed by atoms with Gasteiger partial charge in [-0.05, 0) is 13.0 Å². The summed E-state index contributed by atoms with van der Waals surface area (Å²) in [5.74, 6) is -2.23. The Bertz CT molecular complexity index is 1010. The molecule has 2 aromatic heterocycles. The molecule has 0 aromatic carbocycles. The first-order valence-electron chi connectivity index (χ1n) is 8.31. The van der Waals surface area contributed by atoms with Crippen molar-refractivity contribution in [3.05, 3.63) is 77.9 Å². The minimum absolute atomic E-state index is 0.0621. The van der Waals surface area contributed by atoms with Gasteiger partial charge in [0, 0.05) is 24.4 Å². The normalized spacial score (nSPS) is 12.2. The average molecular weight is 398 g/mol. The van der Waals surface area contributed by atoms with E-state index in [0.717, 1.165) is 6.20 Å². The molecule has 10 heteroatoms. The van der Waals surface area contributed by atoms with Crippen LogP contribution in [0.5, 0.6) is 0 Å². The summed E-state index contributed by atoms with van der Waals surface area (Å²) in [6.45, 7) is 5.16. The molecule has 150 valence electrons. The lowest BCUT2D eigenvalue weighted by atomic mass is 10.2. The van der Waals surface area contributed by atoms with Crippen LogP contribution in [-0.2, 0) is 0 Å². The molecule has 0 radical (unpaired) electrons. The Kier molecular flexibility index (Phi) is 7.13. The maximum Gasteiger partial charge on any atom is 0.341 e. The molecule has 0 saturated carbocycles. The number of aromatic carboxylic acids is 1. The van der Waals surface area contributed by atoms with E-state index in [1.54, 1.807) is 31.2 Å². The van der Waals surface area contributed by atoms with Gasteiger partial charge in [-0.15, -0.1) is 0 Å². The highest BCUT2D eigenvalue weighted by molar-refractivity contribution is 6.08. The highest BCUT2D eigenvalue weighted by Crippen LogP contribution is 2.15. The van der Waals surface area contributed by atoms with E-state index in [2.05, 4.69) is 27.0 Å². The van der Waals surface area contributed by atoms with Gasteiger partial charge in [-0.3, -0.25) is 5.41 Å². The topological polar surface area (TPSA) is 151 Å². The summed E-state index contributed by atoms with van der Waals surface area (Å²) < 4.78 is 18.5. The second kappa shape index (κ2) is 9.74. The van der Waals surface area contributed by atoms with E-state index >= 15 is 0 Å². The van der Waals surface area contributed by atoms with Crippen molar-refractivity contribution < 1.29 is 18.8 Å². The number of halogens is 1. The highest BCUT2D eigenvalue weighted by atomic mass is 19.1. The molecule has 0 atom stereocenters. The molecule has 29 heavy (non-hydrogen) atoms. The zero-order valence-electron chi connectivity index (χ0n) is 15.5. The van der Waals surface area contributed by atoms with Crippen molar-refractivity contribution in [2.45, 2.75) is 6.92 Å². The molecule has 5 N–H and O–H groups in total. The third-order valence-corrected chi connectivity index (χ3v) is 3.60. The van der Waals surface area contributed by atoms with Crippen molar-refractivity contribution in [3.63, 3.8) is 0 Å². The van der Waals surface area contributed by atoms with Crippen LogP contribution in [0.1, 0.15) is 28.8 Å². The number of carbonyl (C=O) groups is 1. The number of allylic oxidation sites excluding steroid dienone is 4. The van der Waals surface area contributed by atoms with E-state index in [9.17, 15) is 9.18 Å². The monoisotopic (exact) mass is 398 g/mol. The van der Waals surface area contributed by atoms with Gasteiger partial charge >= 0.3 is 5.97 Å². The number of carboxylic acid groups (broad SMARTS) is 1. The van der Waals surface area contributed by atoms with Crippen LogP contribution in [0, 0.1) is 5.41 Å². The van der Waals surface area contributed by atoms with E-state index in [4.69, 9.17) is 20.8 Å². The number of hydrogen-bond acceptors (Lipinski definition) is 8. The van der Waals surface area contributed by atoms with Gasteiger partial charge in [0.1, 0.15) is 34.9 Å². The third-order valence-electron chi connectivity index (χ3n) is 3.60. The Balaban J connectivity index is 2.31. The van der Waals surface area contributed by atoms with Crippen molar-refractivity contribution in [1.82, 2.24) is 20.4 Å². The number of hydrogen-bond donors (Lipinski definition) is 4. The molecule has 0 amide bonds. The molecule has 2 rings (SSSR count). The van der Waals surface area contributed by atoms with E-state index in [1.807, 2.05) is 0 Å². The fourth-order valence-corrected chi connectivity index (χ4v) is 2.11. The van der Waals surface area contributed by atoms with Crippen molar-refractivity contribution in [2.75, 3.05) is 12.3 Å². The fraction of sp³-hybridized carbons (Fsp3) is 0.105. The summed E-state index contributed by atoms with van der Waals surface area (Å²) in [5, 5.41) is 24.0. The van der Waals surface area contributed by atoms with Crippen molar-refractivity contribution in [2.24, 2.45) is 0 Å². The van der Waals surface area contributed by atoms with E-state index in [-0.39, 0.29) is 29.5 Å². The van der Waals surface area contributed by atoms with E-state index in [1.165, 1.54) is 12.3 Å². The Morgan fingerprint density at radius 1 is 1.52 bits per heavy atom. The molecule has 0 aliphatic heterocycles. The standard InChI is InChI=1S/C19H19FN6O3/c1-3-4-5-12(11(2)20)9-23-16(15-6-7-29-26-15)8-14(21)18-24-10-13(19(27)28)17(22)25-18/h3-8,10,21,23H,2,9H2,1H3,(H,27,28)(H2,22,24,25)/b4-3-,12-5-,16-8-,21-14?. The van der Waals surface area contributed by atoms with Crippen LogP contribution in [0.4, 0.5) is 10.2 Å². The number of nitrogens with two attached hydrogens (primary N) is 1. The average Bonchev–Trinajstić information content (AvgIpc) is 3.20. The molecule has 0 aliphatic carbocycles. The number of rotatable bonds is 9. The number of anilines is 1. The van der Waals surface area contributed by atoms with Crippen LogP contribution in [-0.4, -0.2) is 38.5 Å². The Morgan fingerprint density at radius 2 is 2.28 bits per heavy atom. The summed E-state index contributed by atoms with van der Waals surface area (Å²) >= 11 is 0. The molecule has 2 aromatic rings. The van der Waals surface area contributed by atoms with Crippen LogP contribution in [0.2, 0.25) is 0 Å². The molecule has 2 heterocycles. The zero-order chi connectivity index (χ0) is 21.4. The summed E-state index contributed by atoms with van der Waals surface area (Å²) in [4.78, 5) is 18.7. The van der Waals surface area contributed by atoms with Gasteiger partial charge in [-0.1, -0.05) is 30.0 Å².